The fourth-order valence-electron chi connectivity index (χ4n) is 4.13. The molecule has 1 aromatic carbocycles. The number of carbonyl (C=O) groups excluding carboxylic acids is 1. The molecule has 31 heavy (non-hydrogen) atoms. The van der Waals surface area contributed by atoms with E-state index < -0.39 is 0 Å². The summed E-state index contributed by atoms with van der Waals surface area (Å²) in [5.41, 5.74) is 2.77. The normalized spacial score (nSPS) is 17.7. The van der Waals surface area contributed by atoms with Crippen LogP contribution in [0.2, 0.25) is 0 Å². The molecule has 0 unspecified atom stereocenters. The van der Waals surface area contributed by atoms with Gasteiger partial charge in [-0.1, -0.05) is 23.9 Å². The standard InChI is InChI=1S/C23H26N4O3S/c1-14-10-19(20(28)13-31-23-25-24-16(3)27(23)17-8-9-17)15(2)26(14)11-18-12-29-21-6-4-5-7-22(21)30-18/h4-7,10,17-18H,8-9,11-13H2,1-3H3/t18-/m0/s1. The summed E-state index contributed by atoms with van der Waals surface area (Å²) in [6.07, 6.45) is 2.23. The molecule has 0 radical (unpaired) electrons. The van der Waals surface area contributed by atoms with Gasteiger partial charge in [0.1, 0.15) is 12.4 Å². The van der Waals surface area contributed by atoms with Crippen LogP contribution in [0.5, 0.6) is 11.5 Å². The van der Waals surface area contributed by atoms with Crippen LogP contribution >= 0.6 is 11.8 Å². The van der Waals surface area contributed by atoms with Gasteiger partial charge in [0.25, 0.3) is 0 Å². The van der Waals surface area contributed by atoms with Gasteiger partial charge in [-0.25, -0.2) is 0 Å². The second-order valence-electron chi connectivity index (χ2n) is 8.24. The molecule has 1 fully saturated rings. The fourth-order valence-corrected chi connectivity index (χ4v) is 5.06. The molecule has 3 aromatic rings. The molecule has 0 N–H and O–H groups in total. The maximum Gasteiger partial charge on any atom is 0.191 e. The third kappa shape index (κ3) is 3.96. The Kier molecular flexibility index (Phi) is 5.25. The molecular formula is C23H26N4O3S. The van der Waals surface area contributed by atoms with E-state index in [2.05, 4.69) is 19.3 Å². The third-order valence-corrected chi connectivity index (χ3v) is 6.85. The largest absolute Gasteiger partial charge is 0.486 e. The van der Waals surface area contributed by atoms with Gasteiger partial charge in [0, 0.05) is 23.0 Å². The van der Waals surface area contributed by atoms with Crippen molar-refractivity contribution >= 4 is 17.5 Å². The van der Waals surface area contributed by atoms with E-state index in [1.807, 2.05) is 51.1 Å². The molecule has 0 saturated heterocycles. The molecule has 1 saturated carbocycles. The lowest BCUT2D eigenvalue weighted by molar-refractivity contribution is 0.0777. The number of ether oxygens (including phenoxy) is 2. The summed E-state index contributed by atoms with van der Waals surface area (Å²) in [7, 11) is 0. The van der Waals surface area contributed by atoms with E-state index in [1.54, 1.807) is 0 Å². The molecule has 0 spiro atoms. The Morgan fingerprint density at radius 2 is 1.94 bits per heavy atom. The Morgan fingerprint density at radius 1 is 1.16 bits per heavy atom. The minimum absolute atomic E-state index is 0.0999. The van der Waals surface area contributed by atoms with Gasteiger partial charge in [-0.3, -0.25) is 4.79 Å². The molecule has 1 aliphatic carbocycles. The van der Waals surface area contributed by atoms with E-state index in [-0.39, 0.29) is 11.9 Å². The van der Waals surface area contributed by atoms with E-state index >= 15 is 0 Å². The highest BCUT2D eigenvalue weighted by Crippen LogP contribution is 2.38. The number of Topliss-reactive ketones (excluding diaryl/α,β-unsaturated/α-hetero) is 1. The van der Waals surface area contributed by atoms with Crippen LogP contribution in [-0.4, -0.2) is 43.6 Å². The van der Waals surface area contributed by atoms with Crippen LogP contribution in [0.1, 0.15) is 46.5 Å². The first-order chi connectivity index (χ1) is 15.0. The van der Waals surface area contributed by atoms with E-state index in [9.17, 15) is 4.79 Å². The van der Waals surface area contributed by atoms with Crippen LogP contribution in [-0.2, 0) is 6.54 Å². The number of fused-ring (bicyclic) bond motifs is 1. The number of carbonyl (C=O) groups is 1. The first-order valence-corrected chi connectivity index (χ1v) is 11.6. The van der Waals surface area contributed by atoms with Gasteiger partial charge in [-0.2, -0.15) is 0 Å². The lowest BCUT2D eigenvalue weighted by Gasteiger charge is -2.27. The van der Waals surface area contributed by atoms with Gasteiger partial charge < -0.3 is 18.6 Å². The van der Waals surface area contributed by atoms with Gasteiger partial charge in [0.2, 0.25) is 0 Å². The molecular weight excluding hydrogens is 412 g/mol. The number of thioether (sulfide) groups is 1. The zero-order valence-electron chi connectivity index (χ0n) is 18.0. The lowest BCUT2D eigenvalue weighted by Crippen LogP contribution is -2.33. The minimum atomic E-state index is -0.0999. The maximum atomic E-state index is 13.0. The number of aryl methyl sites for hydroxylation is 2. The molecule has 0 bridgehead atoms. The number of hydrogen-bond acceptors (Lipinski definition) is 6. The number of para-hydroxylation sites is 2. The third-order valence-electron chi connectivity index (χ3n) is 5.91. The summed E-state index contributed by atoms with van der Waals surface area (Å²) in [6, 6.07) is 10.2. The number of nitrogens with zero attached hydrogens (tertiary/aromatic N) is 4. The zero-order valence-corrected chi connectivity index (χ0v) is 18.8. The fraction of sp³-hybridized carbons (Fsp3) is 0.435. The van der Waals surface area contributed by atoms with Crippen molar-refractivity contribution in [2.75, 3.05) is 12.4 Å². The van der Waals surface area contributed by atoms with Gasteiger partial charge in [0.05, 0.1) is 12.3 Å². The molecule has 1 aliphatic heterocycles. The van der Waals surface area contributed by atoms with Crippen molar-refractivity contribution in [2.24, 2.45) is 0 Å². The summed E-state index contributed by atoms with van der Waals surface area (Å²) in [4.78, 5) is 13.0. The smallest absolute Gasteiger partial charge is 0.191 e. The molecule has 0 amide bonds. The van der Waals surface area contributed by atoms with Crippen molar-refractivity contribution in [3.8, 4) is 11.5 Å². The Morgan fingerprint density at radius 3 is 2.71 bits per heavy atom. The lowest BCUT2D eigenvalue weighted by atomic mass is 10.2. The first-order valence-electron chi connectivity index (χ1n) is 10.6. The second kappa shape index (κ2) is 8.07. The van der Waals surface area contributed by atoms with E-state index in [0.717, 1.165) is 39.4 Å². The van der Waals surface area contributed by atoms with Crippen LogP contribution in [0.3, 0.4) is 0 Å². The van der Waals surface area contributed by atoms with Crippen molar-refractivity contribution < 1.29 is 14.3 Å². The molecule has 1 atom stereocenters. The van der Waals surface area contributed by atoms with Gasteiger partial charge in [-0.15, -0.1) is 10.2 Å². The molecule has 3 heterocycles. The quantitative estimate of drug-likeness (QED) is 0.408. The Hall–Kier alpha value is -2.74. The van der Waals surface area contributed by atoms with E-state index in [4.69, 9.17) is 9.47 Å². The SMILES string of the molecule is Cc1cc(C(=O)CSc2nnc(C)n2C2CC2)c(C)n1C[C@H]1COc2ccccc2O1. The van der Waals surface area contributed by atoms with Crippen molar-refractivity contribution in [3.63, 3.8) is 0 Å². The number of aromatic nitrogens is 4. The first kappa shape index (κ1) is 20.2. The van der Waals surface area contributed by atoms with Crippen molar-refractivity contribution in [1.29, 1.82) is 0 Å². The zero-order chi connectivity index (χ0) is 21.5. The summed E-state index contributed by atoms with van der Waals surface area (Å²) < 4.78 is 16.3. The number of ketones is 1. The number of hydrogen-bond donors (Lipinski definition) is 0. The predicted molar refractivity (Wildman–Crippen MR) is 118 cm³/mol. The molecule has 162 valence electrons. The van der Waals surface area contributed by atoms with Crippen LogP contribution in [0.15, 0.2) is 35.5 Å². The predicted octanol–water partition coefficient (Wildman–Crippen LogP) is 4.15. The van der Waals surface area contributed by atoms with Crippen molar-refractivity contribution in [2.45, 2.75) is 57.5 Å². The summed E-state index contributed by atoms with van der Waals surface area (Å²) in [5.74, 6) is 2.93. The van der Waals surface area contributed by atoms with E-state index in [1.165, 1.54) is 24.6 Å². The minimum Gasteiger partial charge on any atom is -0.486 e. The highest BCUT2D eigenvalue weighted by molar-refractivity contribution is 7.99. The molecule has 7 nitrogen and oxygen atoms in total. The van der Waals surface area contributed by atoms with Crippen LogP contribution in [0.4, 0.5) is 0 Å². The average molecular weight is 439 g/mol. The van der Waals surface area contributed by atoms with Gasteiger partial charge in [-0.05, 0) is 51.8 Å². The molecule has 5 rings (SSSR count). The summed E-state index contributed by atoms with van der Waals surface area (Å²) >= 11 is 1.48. The molecule has 2 aliphatic rings. The van der Waals surface area contributed by atoms with Crippen LogP contribution in [0.25, 0.3) is 0 Å². The monoisotopic (exact) mass is 438 g/mol. The highest BCUT2D eigenvalue weighted by atomic mass is 32.2. The molecule has 2 aromatic heterocycles. The summed E-state index contributed by atoms with van der Waals surface area (Å²) in [5, 5.41) is 9.31. The second-order valence-corrected chi connectivity index (χ2v) is 9.18. The molecule has 8 heteroatoms. The highest BCUT2D eigenvalue weighted by Gasteiger charge is 2.29. The number of benzene rings is 1. The average Bonchev–Trinajstić information content (AvgIpc) is 3.49. The van der Waals surface area contributed by atoms with E-state index in [0.29, 0.717) is 24.9 Å². The number of rotatable bonds is 7. The Bertz CT molecular complexity index is 1130. The van der Waals surface area contributed by atoms with Crippen LogP contribution in [0, 0.1) is 20.8 Å². The Balaban J connectivity index is 1.27. The van der Waals surface area contributed by atoms with Gasteiger partial charge in [0.15, 0.2) is 28.5 Å². The Labute approximate surface area is 185 Å². The summed E-state index contributed by atoms with van der Waals surface area (Å²) in [6.45, 7) is 7.13. The van der Waals surface area contributed by atoms with Crippen molar-refractivity contribution in [3.05, 3.63) is 53.1 Å². The van der Waals surface area contributed by atoms with Crippen molar-refractivity contribution in [1.82, 2.24) is 19.3 Å². The topological polar surface area (TPSA) is 71.2 Å². The maximum absolute atomic E-state index is 13.0. The van der Waals surface area contributed by atoms with Crippen LogP contribution < -0.4 is 9.47 Å². The van der Waals surface area contributed by atoms with Gasteiger partial charge >= 0.3 is 0 Å².